The Morgan fingerprint density at radius 1 is 1.53 bits per heavy atom. The van der Waals surface area contributed by atoms with Crippen molar-refractivity contribution in [2.24, 2.45) is 0 Å². The van der Waals surface area contributed by atoms with E-state index in [4.69, 9.17) is 23.8 Å². The molecule has 1 unspecified atom stereocenters. The maximum atomic E-state index is 12.3. The molecule has 1 rings (SSSR count). The molecule has 1 aromatic rings. The second-order valence-electron chi connectivity index (χ2n) is 4.27. The summed E-state index contributed by atoms with van der Waals surface area (Å²) >= 11 is 5.85. The molecule has 0 aliphatic heterocycles. The summed E-state index contributed by atoms with van der Waals surface area (Å²) in [7, 11) is -3.69. The van der Waals surface area contributed by atoms with Crippen molar-refractivity contribution in [1.29, 1.82) is 0 Å². The molecule has 1 atom stereocenters. The van der Waals surface area contributed by atoms with Crippen molar-refractivity contribution in [3.63, 3.8) is 0 Å². The predicted octanol–water partition coefficient (Wildman–Crippen LogP) is 2.31. The molecule has 0 saturated heterocycles. The Hall–Kier alpha value is -1.22. The fourth-order valence-corrected chi connectivity index (χ4v) is 3.34. The van der Waals surface area contributed by atoms with E-state index in [0.717, 1.165) is 6.42 Å². The average molecular weight is 301 g/mol. The monoisotopic (exact) mass is 300 g/mol. The van der Waals surface area contributed by atoms with Crippen molar-refractivity contribution in [2.45, 2.75) is 37.6 Å². The molecular formula is C13H17ClN2O2S. The highest BCUT2D eigenvalue weighted by Gasteiger charge is 2.21. The summed E-state index contributed by atoms with van der Waals surface area (Å²) in [5.74, 6) is 2.43. The van der Waals surface area contributed by atoms with Crippen LogP contribution >= 0.6 is 11.6 Å². The quantitative estimate of drug-likeness (QED) is 0.647. The van der Waals surface area contributed by atoms with Gasteiger partial charge in [-0.1, -0.05) is 30.9 Å². The van der Waals surface area contributed by atoms with E-state index >= 15 is 0 Å². The van der Waals surface area contributed by atoms with Gasteiger partial charge in [0.05, 0.1) is 21.6 Å². The summed E-state index contributed by atoms with van der Waals surface area (Å²) < 4.78 is 27.0. The standard InChI is InChI=1S/C13H17ClN2O2S/c1-4-6-10(5-2)16-19(17,18)13-8-12(15)11(14)7-9(13)3/h2,7-8,10,16H,4,6,15H2,1,3H3. The largest absolute Gasteiger partial charge is 0.397 e. The fraction of sp³-hybridized carbons (Fsp3) is 0.385. The van der Waals surface area contributed by atoms with E-state index in [1.807, 2.05) is 6.92 Å². The number of rotatable bonds is 5. The van der Waals surface area contributed by atoms with Crippen molar-refractivity contribution in [3.8, 4) is 12.3 Å². The highest BCUT2D eigenvalue weighted by molar-refractivity contribution is 7.89. The number of benzene rings is 1. The van der Waals surface area contributed by atoms with Crippen molar-refractivity contribution < 1.29 is 8.42 Å². The van der Waals surface area contributed by atoms with Crippen molar-refractivity contribution >= 4 is 27.3 Å². The smallest absolute Gasteiger partial charge is 0.241 e. The van der Waals surface area contributed by atoms with Crippen LogP contribution in [0.5, 0.6) is 0 Å². The minimum Gasteiger partial charge on any atom is -0.397 e. The van der Waals surface area contributed by atoms with Gasteiger partial charge in [-0.3, -0.25) is 0 Å². The summed E-state index contributed by atoms with van der Waals surface area (Å²) in [5.41, 5.74) is 6.39. The molecule has 0 spiro atoms. The van der Waals surface area contributed by atoms with E-state index in [2.05, 4.69) is 10.6 Å². The first-order chi connectivity index (χ1) is 8.81. The molecule has 0 aliphatic rings. The molecule has 4 nitrogen and oxygen atoms in total. The number of anilines is 1. The van der Waals surface area contributed by atoms with Crippen LogP contribution in [0.25, 0.3) is 0 Å². The number of sulfonamides is 1. The lowest BCUT2D eigenvalue weighted by Crippen LogP contribution is -2.34. The van der Waals surface area contributed by atoms with Crippen molar-refractivity contribution in [1.82, 2.24) is 4.72 Å². The summed E-state index contributed by atoms with van der Waals surface area (Å²) in [4.78, 5) is 0.103. The number of hydrogen-bond donors (Lipinski definition) is 2. The molecular weight excluding hydrogens is 284 g/mol. The first-order valence-electron chi connectivity index (χ1n) is 5.86. The zero-order valence-electron chi connectivity index (χ0n) is 10.9. The van der Waals surface area contributed by atoms with Crippen LogP contribution in [0.2, 0.25) is 5.02 Å². The number of nitrogens with one attached hydrogen (secondary N) is 1. The molecule has 0 saturated carbocycles. The van der Waals surface area contributed by atoms with E-state index in [1.165, 1.54) is 12.1 Å². The molecule has 104 valence electrons. The predicted molar refractivity (Wildman–Crippen MR) is 78.5 cm³/mol. The Kier molecular flexibility index (Phi) is 5.24. The summed E-state index contributed by atoms with van der Waals surface area (Å²) in [6, 6.07) is 2.35. The topological polar surface area (TPSA) is 72.2 Å². The third kappa shape index (κ3) is 3.87. The lowest BCUT2D eigenvalue weighted by atomic mass is 10.2. The molecule has 0 heterocycles. The molecule has 0 radical (unpaired) electrons. The van der Waals surface area contributed by atoms with Crippen molar-refractivity contribution in [3.05, 3.63) is 22.7 Å². The number of hydrogen-bond acceptors (Lipinski definition) is 3. The van der Waals surface area contributed by atoms with Crippen LogP contribution in [-0.4, -0.2) is 14.5 Å². The molecule has 0 bridgehead atoms. The third-order valence-corrected chi connectivity index (χ3v) is 4.60. The van der Waals surface area contributed by atoms with Gasteiger partial charge in [-0.05, 0) is 31.0 Å². The zero-order valence-corrected chi connectivity index (χ0v) is 12.5. The minimum absolute atomic E-state index is 0.103. The van der Waals surface area contributed by atoms with Gasteiger partial charge in [0.1, 0.15) is 0 Å². The van der Waals surface area contributed by atoms with Gasteiger partial charge in [-0.15, -0.1) is 6.42 Å². The van der Waals surface area contributed by atoms with Crippen LogP contribution < -0.4 is 10.5 Å². The Morgan fingerprint density at radius 3 is 2.68 bits per heavy atom. The van der Waals surface area contributed by atoms with Gasteiger partial charge < -0.3 is 5.73 Å². The van der Waals surface area contributed by atoms with Gasteiger partial charge in [-0.25, -0.2) is 8.42 Å². The molecule has 19 heavy (non-hydrogen) atoms. The number of nitrogens with two attached hydrogens (primary N) is 1. The SMILES string of the molecule is C#CC(CCC)NS(=O)(=O)c1cc(N)c(Cl)cc1C. The molecule has 6 heteroatoms. The number of terminal acetylenes is 1. The van der Waals surface area contributed by atoms with Crippen LogP contribution in [0.3, 0.4) is 0 Å². The molecule has 0 aliphatic carbocycles. The average Bonchev–Trinajstić information content (AvgIpc) is 2.32. The van der Waals surface area contributed by atoms with Gasteiger partial charge in [0.15, 0.2) is 0 Å². The summed E-state index contributed by atoms with van der Waals surface area (Å²) in [6.07, 6.45) is 6.69. The van der Waals surface area contributed by atoms with Crippen LogP contribution in [0.15, 0.2) is 17.0 Å². The fourth-order valence-electron chi connectivity index (χ4n) is 1.67. The zero-order chi connectivity index (χ0) is 14.6. The Bertz CT molecular complexity index is 606. The minimum atomic E-state index is -3.69. The van der Waals surface area contributed by atoms with Gasteiger partial charge in [0, 0.05) is 0 Å². The van der Waals surface area contributed by atoms with Crippen LogP contribution in [0.4, 0.5) is 5.69 Å². The van der Waals surface area contributed by atoms with E-state index in [1.54, 1.807) is 6.92 Å². The maximum Gasteiger partial charge on any atom is 0.241 e. The normalized spacial score (nSPS) is 12.9. The Morgan fingerprint density at radius 2 is 2.16 bits per heavy atom. The summed E-state index contributed by atoms with van der Waals surface area (Å²) in [5, 5.41) is 0.332. The Labute approximate surface area is 119 Å². The highest BCUT2D eigenvalue weighted by Crippen LogP contribution is 2.26. The highest BCUT2D eigenvalue weighted by atomic mass is 35.5. The number of halogens is 1. The first-order valence-corrected chi connectivity index (χ1v) is 7.72. The van der Waals surface area contributed by atoms with Crippen LogP contribution in [0, 0.1) is 19.3 Å². The molecule has 0 fully saturated rings. The molecule has 3 N–H and O–H groups in total. The van der Waals surface area contributed by atoms with E-state index in [9.17, 15) is 8.42 Å². The van der Waals surface area contributed by atoms with Gasteiger partial charge in [0.2, 0.25) is 10.0 Å². The van der Waals surface area contributed by atoms with E-state index < -0.39 is 16.1 Å². The maximum absolute atomic E-state index is 12.3. The Balaban J connectivity index is 3.14. The molecule has 1 aromatic carbocycles. The molecule has 0 aromatic heterocycles. The number of aryl methyl sites for hydroxylation is 1. The lowest BCUT2D eigenvalue weighted by Gasteiger charge is -2.15. The van der Waals surface area contributed by atoms with Crippen LogP contribution in [-0.2, 0) is 10.0 Å². The van der Waals surface area contributed by atoms with Crippen LogP contribution in [0.1, 0.15) is 25.3 Å². The second-order valence-corrected chi connectivity index (χ2v) is 6.36. The second kappa shape index (κ2) is 6.29. The van der Waals surface area contributed by atoms with Gasteiger partial charge >= 0.3 is 0 Å². The van der Waals surface area contributed by atoms with Crippen molar-refractivity contribution in [2.75, 3.05) is 5.73 Å². The van der Waals surface area contributed by atoms with Gasteiger partial charge in [0.25, 0.3) is 0 Å². The third-order valence-electron chi connectivity index (χ3n) is 2.66. The van der Waals surface area contributed by atoms with E-state index in [0.29, 0.717) is 17.0 Å². The molecule has 0 amide bonds. The van der Waals surface area contributed by atoms with Gasteiger partial charge in [-0.2, -0.15) is 4.72 Å². The van der Waals surface area contributed by atoms with E-state index in [-0.39, 0.29) is 10.6 Å². The summed E-state index contributed by atoms with van der Waals surface area (Å²) in [6.45, 7) is 3.59. The first kappa shape index (κ1) is 15.8. The number of nitrogen functional groups attached to an aromatic ring is 1. The lowest BCUT2D eigenvalue weighted by molar-refractivity contribution is 0.564.